The fraction of sp³-hybridized carbons (Fsp3) is 0.733. The molecule has 0 spiro atoms. The van der Waals surface area contributed by atoms with E-state index >= 15 is 0 Å². The van der Waals surface area contributed by atoms with E-state index in [9.17, 15) is 19.2 Å². The van der Waals surface area contributed by atoms with Gasteiger partial charge in [0, 0.05) is 27.7 Å². The number of ether oxygens (including phenoxy) is 6. The Balaban J connectivity index is 3.05. The van der Waals surface area contributed by atoms with Gasteiger partial charge in [-0.15, -0.1) is 0 Å². The Labute approximate surface area is 144 Å². The maximum absolute atomic E-state index is 11.5. The van der Waals surface area contributed by atoms with Crippen LogP contribution in [0.5, 0.6) is 0 Å². The topological polar surface area (TPSA) is 124 Å². The molecule has 1 saturated heterocycles. The highest BCUT2D eigenvalue weighted by atomic mass is 16.7. The molecule has 4 unspecified atom stereocenters. The Morgan fingerprint density at radius 3 is 1.36 bits per heavy atom. The summed E-state index contributed by atoms with van der Waals surface area (Å²) < 4.78 is 31.0. The molecule has 0 aliphatic carbocycles. The van der Waals surface area contributed by atoms with Crippen molar-refractivity contribution in [2.24, 2.45) is 0 Å². The average Bonchev–Trinajstić information content (AvgIpc) is 2.63. The van der Waals surface area contributed by atoms with E-state index in [4.69, 9.17) is 28.4 Å². The van der Waals surface area contributed by atoms with Crippen LogP contribution >= 0.6 is 0 Å². The van der Waals surface area contributed by atoms with Crippen LogP contribution in [0.4, 0.5) is 0 Å². The lowest BCUT2D eigenvalue weighted by atomic mass is 10.0. The number of hydrogen-bond acceptors (Lipinski definition) is 10. The van der Waals surface area contributed by atoms with E-state index in [1.165, 1.54) is 27.7 Å². The molecule has 0 saturated carbocycles. The van der Waals surface area contributed by atoms with Crippen LogP contribution in [0.3, 0.4) is 0 Å². The maximum Gasteiger partial charge on any atom is 0.303 e. The first-order valence-electron chi connectivity index (χ1n) is 7.55. The van der Waals surface area contributed by atoms with Gasteiger partial charge in [-0.05, 0) is 0 Å². The summed E-state index contributed by atoms with van der Waals surface area (Å²) in [5, 5.41) is 0. The van der Waals surface area contributed by atoms with Gasteiger partial charge >= 0.3 is 23.9 Å². The van der Waals surface area contributed by atoms with Gasteiger partial charge < -0.3 is 28.4 Å². The molecule has 0 aromatic rings. The molecule has 0 aromatic heterocycles. The van der Waals surface area contributed by atoms with E-state index in [1.54, 1.807) is 0 Å². The van der Waals surface area contributed by atoms with Gasteiger partial charge in [-0.2, -0.15) is 0 Å². The fourth-order valence-electron chi connectivity index (χ4n) is 2.18. The molecule has 0 radical (unpaired) electrons. The van der Waals surface area contributed by atoms with Crippen molar-refractivity contribution < 1.29 is 47.6 Å². The molecule has 1 heterocycles. The van der Waals surface area contributed by atoms with Crippen LogP contribution < -0.4 is 0 Å². The summed E-state index contributed by atoms with van der Waals surface area (Å²) in [5.41, 5.74) is 0. The van der Waals surface area contributed by atoms with E-state index < -0.39 is 48.3 Å². The Morgan fingerprint density at radius 2 is 1.08 bits per heavy atom. The lowest BCUT2D eigenvalue weighted by Gasteiger charge is -2.31. The molecule has 0 aromatic carbocycles. The minimum absolute atomic E-state index is 0.241. The largest absolute Gasteiger partial charge is 0.463 e. The molecule has 142 valence electrons. The second-order valence-electron chi connectivity index (χ2n) is 5.28. The van der Waals surface area contributed by atoms with E-state index in [0.29, 0.717) is 0 Å². The Kier molecular flexibility index (Phi) is 8.29. The molecule has 1 rings (SSSR count). The van der Waals surface area contributed by atoms with Crippen molar-refractivity contribution >= 4 is 23.9 Å². The first kappa shape index (κ1) is 20.8. The number of carbonyl (C=O) groups is 4. The van der Waals surface area contributed by atoms with Crippen molar-refractivity contribution in [2.75, 3.05) is 20.0 Å². The lowest BCUT2D eigenvalue weighted by Crippen LogP contribution is -2.51. The Hall–Kier alpha value is -2.20. The van der Waals surface area contributed by atoms with Crippen LogP contribution in [0.1, 0.15) is 27.7 Å². The number of carbonyl (C=O) groups excluding carboxylic acids is 4. The zero-order valence-corrected chi connectivity index (χ0v) is 14.5. The van der Waals surface area contributed by atoms with Crippen LogP contribution in [0, 0.1) is 0 Å². The van der Waals surface area contributed by atoms with Crippen molar-refractivity contribution in [3.8, 4) is 0 Å². The van der Waals surface area contributed by atoms with Gasteiger partial charge in [-0.3, -0.25) is 19.2 Å². The highest BCUT2D eigenvalue weighted by Gasteiger charge is 2.44. The molecule has 1 aliphatic heterocycles. The van der Waals surface area contributed by atoms with Gasteiger partial charge in [0.2, 0.25) is 0 Å². The van der Waals surface area contributed by atoms with Crippen molar-refractivity contribution in [2.45, 2.75) is 52.1 Å². The van der Waals surface area contributed by atoms with Crippen LogP contribution in [0.25, 0.3) is 0 Å². The van der Waals surface area contributed by atoms with Crippen LogP contribution in [-0.2, 0) is 47.6 Å². The third-order valence-electron chi connectivity index (χ3n) is 3.13. The van der Waals surface area contributed by atoms with Gasteiger partial charge in [0.05, 0.1) is 0 Å². The molecule has 0 N–H and O–H groups in total. The smallest absolute Gasteiger partial charge is 0.303 e. The van der Waals surface area contributed by atoms with Gasteiger partial charge in [-0.25, -0.2) is 0 Å². The van der Waals surface area contributed by atoms with Gasteiger partial charge in [0.25, 0.3) is 0 Å². The molecule has 0 bridgehead atoms. The van der Waals surface area contributed by atoms with Crippen LogP contribution in [0.15, 0.2) is 0 Å². The van der Waals surface area contributed by atoms with Crippen LogP contribution in [0.2, 0.25) is 0 Å². The standard InChI is InChI=1S/C15H22O10/c1-8(16)20-5-12-14(24-10(3)18)15(25-11(4)19)13(23-7-22-12)6-21-9(2)17/h12-15H,5-7H2,1-4H3. The first-order chi connectivity index (χ1) is 11.7. The minimum atomic E-state index is -1.12. The maximum atomic E-state index is 11.5. The highest BCUT2D eigenvalue weighted by Crippen LogP contribution is 2.23. The summed E-state index contributed by atoms with van der Waals surface area (Å²) in [6.45, 7) is 4.00. The second kappa shape index (κ2) is 9.94. The third-order valence-corrected chi connectivity index (χ3v) is 3.13. The monoisotopic (exact) mass is 362 g/mol. The number of esters is 4. The molecule has 4 atom stereocenters. The summed E-state index contributed by atoms with van der Waals surface area (Å²) in [6.07, 6.45) is -4.11. The molecule has 1 aliphatic rings. The predicted molar refractivity (Wildman–Crippen MR) is 79.0 cm³/mol. The van der Waals surface area contributed by atoms with Crippen molar-refractivity contribution in [3.05, 3.63) is 0 Å². The molecular weight excluding hydrogens is 340 g/mol. The van der Waals surface area contributed by atoms with E-state index in [1.807, 2.05) is 0 Å². The van der Waals surface area contributed by atoms with Crippen molar-refractivity contribution in [1.82, 2.24) is 0 Å². The zero-order chi connectivity index (χ0) is 19.0. The summed E-state index contributed by atoms with van der Waals surface area (Å²) >= 11 is 0. The summed E-state index contributed by atoms with van der Waals surface area (Å²) in [5.74, 6) is -2.44. The third kappa shape index (κ3) is 7.48. The lowest BCUT2D eigenvalue weighted by molar-refractivity contribution is -0.184. The first-order valence-corrected chi connectivity index (χ1v) is 7.55. The minimum Gasteiger partial charge on any atom is -0.463 e. The quantitative estimate of drug-likeness (QED) is 0.460. The average molecular weight is 362 g/mol. The Morgan fingerprint density at radius 1 is 0.720 bits per heavy atom. The molecule has 10 nitrogen and oxygen atoms in total. The summed E-state index contributed by atoms with van der Waals surface area (Å²) in [4.78, 5) is 45.0. The fourth-order valence-corrected chi connectivity index (χ4v) is 2.18. The zero-order valence-electron chi connectivity index (χ0n) is 14.5. The van der Waals surface area contributed by atoms with Crippen molar-refractivity contribution in [3.63, 3.8) is 0 Å². The second-order valence-corrected chi connectivity index (χ2v) is 5.28. The molecule has 0 amide bonds. The molecule has 10 heteroatoms. The van der Waals surface area contributed by atoms with E-state index in [-0.39, 0.29) is 20.0 Å². The SMILES string of the molecule is CC(=O)OCC1OCOC(COC(C)=O)C(OC(C)=O)C1OC(C)=O. The van der Waals surface area contributed by atoms with E-state index in [0.717, 1.165) is 0 Å². The molecule has 1 fully saturated rings. The normalized spacial score (nSPS) is 26.1. The Bertz CT molecular complexity index is 459. The van der Waals surface area contributed by atoms with Gasteiger partial charge in [0.15, 0.2) is 12.2 Å². The molecule has 25 heavy (non-hydrogen) atoms. The number of rotatable bonds is 6. The molecular formula is C15H22O10. The van der Waals surface area contributed by atoms with Gasteiger partial charge in [-0.1, -0.05) is 0 Å². The van der Waals surface area contributed by atoms with Crippen LogP contribution in [-0.4, -0.2) is 68.3 Å². The predicted octanol–water partition coefficient (Wildman–Crippen LogP) is -0.282. The summed E-state index contributed by atoms with van der Waals surface area (Å²) in [7, 11) is 0. The number of hydrogen-bond donors (Lipinski definition) is 0. The highest BCUT2D eigenvalue weighted by molar-refractivity contribution is 5.68. The van der Waals surface area contributed by atoms with E-state index in [2.05, 4.69) is 0 Å². The van der Waals surface area contributed by atoms with Gasteiger partial charge in [0.1, 0.15) is 32.2 Å². The van der Waals surface area contributed by atoms with Crippen molar-refractivity contribution in [1.29, 1.82) is 0 Å². The summed E-state index contributed by atoms with van der Waals surface area (Å²) in [6, 6.07) is 0.